The number of rotatable bonds is 7. The molecule has 83 valence electrons. The fourth-order valence-electron chi connectivity index (χ4n) is 1.23. The van der Waals surface area contributed by atoms with Gasteiger partial charge in [0.15, 0.2) is 5.79 Å². The minimum atomic E-state index is -0.760. The van der Waals surface area contributed by atoms with Gasteiger partial charge in [-0.1, -0.05) is 6.58 Å². The van der Waals surface area contributed by atoms with E-state index in [-0.39, 0.29) is 12.2 Å². The van der Waals surface area contributed by atoms with Gasteiger partial charge in [-0.3, -0.25) is 0 Å². The summed E-state index contributed by atoms with van der Waals surface area (Å²) in [5.74, 6) is -0.760. The first-order valence-electron chi connectivity index (χ1n) is 4.81. The van der Waals surface area contributed by atoms with Crippen molar-refractivity contribution in [2.24, 2.45) is 0 Å². The second kappa shape index (κ2) is 6.04. The van der Waals surface area contributed by atoms with Crippen molar-refractivity contribution in [1.82, 2.24) is 0 Å². The quantitative estimate of drug-likeness (QED) is 0.468. The lowest BCUT2D eigenvalue weighted by atomic mass is 10.3. The standard InChI is InChI=1S/C11H21O3/c1-7-12-8-11(6,13-9(2)3)14-10(4)5/h7,9-10H,1-2,8H2,3-6H3. The van der Waals surface area contributed by atoms with Crippen LogP contribution in [0, 0.1) is 6.92 Å². The molecule has 0 N–H and O–H groups in total. The first-order chi connectivity index (χ1) is 6.39. The van der Waals surface area contributed by atoms with Gasteiger partial charge >= 0.3 is 0 Å². The maximum Gasteiger partial charge on any atom is 0.200 e. The van der Waals surface area contributed by atoms with Crippen molar-refractivity contribution in [2.75, 3.05) is 6.61 Å². The van der Waals surface area contributed by atoms with Gasteiger partial charge in [0.1, 0.15) is 6.61 Å². The highest BCUT2D eigenvalue weighted by Crippen LogP contribution is 2.18. The molecule has 0 aromatic carbocycles. The lowest BCUT2D eigenvalue weighted by Crippen LogP contribution is -2.41. The Morgan fingerprint density at radius 1 is 1.29 bits per heavy atom. The minimum Gasteiger partial charge on any atom is -0.496 e. The molecule has 0 fully saturated rings. The number of ether oxygens (including phenoxy) is 3. The van der Waals surface area contributed by atoms with E-state index in [9.17, 15) is 0 Å². The van der Waals surface area contributed by atoms with Crippen molar-refractivity contribution in [1.29, 1.82) is 0 Å². The second-order valence-electron chi connectivity index (χ2n) is 3.71. The Morgan fingerprint density at radius 2 is 1.86 bits per heavy atom. The van der Waals surface area contributed by atoms with Crippen LogP contribution in [0.2, 0.25) is 0 Å². The third-order valence-corrected chi connectivity index (χ3v) is 1.40. The Morgan fingerprint density at radius 3 is 2.21 bits per heavy atom. The molecule has 3 heteroatoms. The van der Waals surface area contributed by atoms with E-state index in [4.69, 9.17) is 14.2 Å². The monoisotopic (exact) mass is 201 g/mol. The molecule has 0 spiro atoms. The molecule has 0 amide bonds. The van der Waals surface area contributed by atoms with E-state index in [1.54, 1.807) is 0 Å². The highest BCUT2D eigenvalue weighted by Gasteiger charge is 2.29. The predicted molar refractivity (Wildman–Crippen MR) is 56.7 cm³/mol. The van der Waals surface area contributed by atoms with Crippen LogP contribution in [0.1, 0.15) is 27.7 Å². The summed E-state index contributed by atoms with van der Waals surface area (Å²) in [5, 5.41) is 0. The average Bonchev–Trinajstić information content (AvgIpc) is 1.97. The molecule has 0 aromatic heterocycles. The molecule has 0 aromatic rings. The van der Waals surface area contributed by atoms with E-state index < -0.39 is 5.79 Å². The van der Waals surface area contributed by atoms with Gasteiger partial charge in [-0.15, -0.1) is 0 Å². The summed E-state index contributed by atoms with van der Waals surface area (Å²) in [5.41, 5.74) is 0. The highest BCUT2D eigenvalue weighted by atomic mass is 16.7. The van der Waals surface area contributed by atoms with Gasteiger partial charge in [-0.05, 0) is 34.6 Å². The molecular weight excluding hydrogens is 180 g/mol. The topological polar surface area (TPSA) is 27.7 Å². The molecular formula is C11H21O3. The normalized spacial score (nSPS) is 12.2. The molecule has 3 nitrogen and oxygen atoms in total. The Labute approximate surface area is 87.0 Å². The molecule has 2 unspecified atom stereocenters. The van der Waals surface area contributed by atoms with Crippen LogP contribution < -0.4 is 0 Å². The Bertz CT molecular complexity index is 154. The summed E-state index contributed by atoms with van der Waals surface area (Å²) in [7, 11) is 0. The number of hydrogen-bond acceptors (Lipinski definition) is 3. The Hall–Kier alpha value is -0.540. The highest BCUT2D eigenvalue weighted by molar-refractivity contribution is 4.69. The van der Waals surface area contributed by atoms with Crippen LogP contribution >= 0.6 is 0 Å². The molecule has 14 heavy (non-hydrogen) atoms. The fourth-order valence-corrected chi connectivity index (χ4v) is 1.23. The van der Waals surface area contributed by atoms with Gasteiger partial charge in [-0.25, -0.2) is 0 Å². The van der Waals surface area contributed by atoms with E-state index >= 15 is 0 Å². The second-order valence-corrected chi connectivity index (χ2v) is 3.71. The van der Waals surface area contributed by atoms with Crippen molar-refractivity contribution in [2.45, 2.75) is 45.7 Å². The van der Waals surface area contributed by atoms with Gasteiger partial charge in [0, 0.05) is 0 Å². The van der Waals surface area contributed by atoms with Gasteiger partial charge < -0.3 is 14.2 Å². The third kappa shape index (κ3) is 6.00. The van der Waals surface area contributed by atoms with E-state index in [0.717, 1.165) is 0 Å². The van der Waals surface area contributed by atoms with E-state index in [0.29, 0.717) is 6.61 Å². The van der Waals surface area contributed by atoms with Crippen LogP contribution in [0.25, 0.3) is 0 Å². The molecule has 1 radical (unpaired) electrons. The summed E-state index contributed by atoms with van der Waals surface area (Å²) in [4.78, 5) is 0. The fraction of sp³-hybridized carbons (Fsp3) is 0.727. The Kier molecular flexibility index (Phi) is 5.81. The molecule has 0 rings (SSSR count). The van der Waals surface area contributed by atoms with Gasteiger partial charge in [0.05, 0.1) is 18.5 Å². The molecule has 0 aliphatic carbocycles. The largest absolute Gasteiger partial charge is 0.496 e. The molecule has 0 aliphatic heterocycles. The van der Waals surface area contributed by atoms with Crippen LogP contribution in [-0.2, 0) is 14.2 Å². The summed E-state index contributed by atoms with van der Waals surface area (Å²) in [6.07, 6.45) is 1.30. The van der Waals surface area contributed by atoms with E-state index in [1.807, 2.05) is 27.7 Å². The maximum absolute atomic E-state index is 5.62. The molecule has 2 atom stereocenters. The van der Waals surface area contributed by atoms with Crippen LogP contribution in [0.5, 0.6) is 0 Å². The third-order valence-electron chi connectivity index (χ3n) is 1.40. The van der Waals surface area contributed by atoms with Crippen molar-refractivity contribution in [3.63, 3.8) is 0 Å². The molecule has 0 saturated heterocycles. The lowest BCUT2D eigenvalue weighted by molar-refractivity contribution is -0.269. The summed E-state index contributed by atoms with van der Waals surface area (Å²) in [6.45, 7) is 15.1. The minimum absolute atomic E-state index is 0.0761. The van der Waals surface area contributed by atoms with Gasteiger partial charge in [0.2, 0.25) is 0 Å². The van der Waals surface area contributed by atoms with Crippen LogP contribution in [0.4, 0.5) is 0 Å². The van der Waals surface area contributed by atoms with Crippen LogP contribution in [0.15, 0.2) is 12.8 Å². The van der Waals surface area contributed by atoms with Crippen molar-refractivity contribution in [3.05, 3.63) is 19.8 Å². The SMILES string of the molecule is [CH2]C(C)OC(C)(COC=C)OC(C)C. The zero-order valence-electron chi connectivity index (χ0n) is 9.58. The maximum atomic E-state index is 5.62. The molecule has 0 bridgehead atoms. The van der Waals surface area contributed by atoms with Crippen molar-refractivity contribution < 1.29 is 14.2 Å². The van der Waals surface area contributed by atoms with E-state index in [1.165, 1.54) is 6.26 Å². The molecule has 0 heterocycles. The van der Waals surface area contributed by atoms with E-state index in [2.05, 4.69) is 13.5 Å². The first-order valence-corrected chi connectivity index (χ1v) is 4.81. The van der Waals surface area contributed by atoms with Crippen molar-refractivity contribution in [3.8, 4) is 0 Å². The Balaban J connectivity index is 4.24. The first kappa shape index (κ1) is 13.5. The predicted octanol–water partition coefficient (Wildman–Crippen LogP) is 2.53. The van der Waals surface area contributed by atoms with Crippen LogP contribution in [0.3, 0.4) is 0 Å². The molecule has 0 saturated carbocycles. The smallest absolute Gasteiger partial charge is 0.200 e. The lowest BCUT2D eigenvalue weighted by Gasteiger charge is -2.32. The van der Waals surface area contributed by atoms with Crippen molar-refractivity contribution >= 4 is 0 Å². The van der Waals surface area contributed by atoms with Gasteiger partial charge in [-0.2, -0.15) is 0 Å². The zero-order valence-corrected chi connectivity index (χ0v) is 9.58. The zero-order chi connectivity index (χ0) is 11.2. The number of hydrogen-bond donors (Lipinski definition) is 0. The summed E-state index contributed by atoms with van der Waals surface area (Å²) >= 11 is 0. The summed E-state index contributed by atoms with van der Waals surface area (Å²) in [6, 6.07) is 0. The van der Waals surface area contributed by atoms with Gasteiger partial charge in [0.25, 0.3) is 0 Å². The average molecular weight is 201 g/mol. The summed E-state index contributed by atoms with van der Waals surface area (Å²) < 4.78 is 16.2. The molecule has 0 aliphatic rings. The van der Waals surface area contributed by atoms with Crippen LogP contribution in [-0.4, -0.2) is 24.6 Å².